The van der Waals surface area contributed by atoms with Crippen LogP contribution in [0.2, 0.25) is 0 Å². The summed E-state index contributed by atoms with van der Waals surface area (Å²) in [5.74, 6) is 0. The average molecular weight is 523 g/mol. The van der Waals surface area contributed by atoms with Gasteiger partial charge in [0.05, 0.1) is 6.33 Å². The summed E-state index contributed by atoms with van der Waals surface area (Å²) in [4.78, 5) is 12.2. The van der Waals surface area contributed by atoms with Gasteiger partial charge in [-0.25, -0.2) is 15.0 Å². The van der Waals surface area contributed by atoms with Gasteiger partial charge in [-0.05, 0) is 69.3 Å². The third-order valence-corrected chi connectivity index (χ3v) is 6.78. The van der Waals surface area contributed by atoms with E-state index in [1.807, 2.05) is 23.0 Å². The van der Waals surface area contributed by atoms with Gasteiger partial charge in [0.2, 0.25) is 0 Å². The zero-order chi connectivity index (χ0) is 28.4. The van der Waals surface area contributed by atoms with Crippen molar-refractivity contribution in [3.05, 3.63) is 109 Å². The van der Waals surface area contributed by atoms with Crippen molar-refractivity contribution < 1.29 is 0 Å². The monoisotopic (exact) mass is 522 g/mol. The molecule has 0 aliphatic heterocycles. The maximum absolute atomic E-state index is 4.17. The number of hydrogen-bond acceptors (Lipinski definition) is 3. The van der Waals surface area contributed by atoms with Gasteiger partial charge in [-0.1, -0.05) is 68.4 Å². The first-order chi connectivity index (χ1) is 18.2. The number of aromatic nitrogens is 6. The van der Waals surface area contributed by atoms with E-state index in [1.54, 1.807) is 12.7 Å². The molecule has 0 spiro atoms. The van der Waals surface area contributed by atoms with Crippen LogP contribution in [0, 0.1) is 0 Å². The molecule has 0 saturated carbocycles. The minimum atomic E-state index is 0.174. The van der Waals surface area contributed by atoms with Crippen LogP contribution in [0.1, 0.15) is 79.0 Å². The van der Waals surface area contributed by atoms with Crippen LogP contribution in [-0.4, -0.2) is 28.2 Å². The maximum atomic E-state index is 4.17. The Balaban J connectivity index is 0.000000136. The highest BCUT2D eigenvalue weighted by Crippen LogP contribution is 2.25. The molecule has 0 fully saturated rings. The molecule has 6 nitrogen and oxygen atoms in total. The number of hydrogen-bond donors (Lipinski definition) is 0. The fraction of sp³-hybridized carbons (Fsp3) is 0.364. The maximum Gasteiger partial charge on any atom is 0.139 e. The van der Waals surface area contributed by atoms with Gasteiger partial charge < -0.3 is 8.80 Å². The minimum Gasteiger partial charge on any atom is -0.324 e. The second-order valence-electron chi connectivity index (χ2n) is 13.2. The summed E-state index contributed by atoms with van der Waals surface area (Å²) in [6.07, 6.45) is 15.5. The van der Waals surface area contributed by atoms with E-state index in [9.17, 15) is 0 Å². The smallest absolute Gasteiger partial charge is 0.139 e. The van der Waals surface area contributed by atoms with Crippen LogP contribution in [0.5, 0.6) is 0 Å². The summed E-state index contributed by atoms with van der Waals surface area (Å²) < 4.78 is 6.17. The van der Waals surface area contributed by atoms with Crippen molar-refractivity contribution >= 4 is 16.7 Å². The standard InChI is InChI=1S/C12H15N.C11H14N2.C10H13N3/c1-12(2,3)10-8-11-6-4-5-7-13(11)9-10;1-11(2,3)9-6-10-4-5-12-8-13(10)7-9;1-10(2,3)8-4-9-12-6-11-7-13(9)5-8/h4-9H,1-3H3;4-8H,1-3H3;4-7H,1-3H3. The lowest BCUT2D eigenvalue weighted by Gasteiger charge is -2.15. The second-order valence-corrected chi connectivity index (χ2v) is 13.2. The number of rotatable bonds is 0. The van der Waals surface area contributed by atoms with Crippen molar-refractivity contribution in [1.82, 2.24) is 28.2 Å². The van der Waals surface area contributed by atoms with Gasteiger partial charge in [-0.3, -0.25) is 4.40 Å². The Kier molecular flexibility index (Phi) is 7.69. The van der Waals surface area contributed by atoms with Gasteiger partial charge in [0.1, 0.15) is 18.3 Å². The molecule has 0 unspecified atom stereocenters. The van der Waals surface area contributed by atoms with Crippen molar-refractivity contribution in [2.75, 3.05) is 0 Å². The van der Waals surface area contributed by atoms with Crippen molar-refractivity contribution in [3.8, 4) is 0 Å². The first kappa shape index (κ1) is 28.1. The SMILES string of the molecule is CC(C)(C)c1cc2ccccn2c1.CC(C)(C)c1cc2ccncn2c1.CC(C)(C)c1cc2ncncn2c1. The Hall–Kier alpha value is -3.93. The molecule has 204 valence electrons. The number of fused-ring (bicyclic) bond motifs is 3. The third-order valence-electron chi connectivity index (χ3n) is 6.78. The number of nitrogens with zero attached hydrogens (tertiary/aromatic N) is 6. The van der Waals surface area contributed by atoms with Gasteiger partial charge in [0.15, 0.2) is 0 Å². The molecule has 0 aliphatic rings. The molecular formula is C33H42N6. The van der Waals surface area contributed by atoms with E-state index in [1.165, 1.54) is 27.7 Å². The minimum absolute atomic E-state index is 0.174. The Morgan fingerprint density at radius 3 is 1.67 bits per heavy atom. The van der Waals surface area contributed by atoms with Crippen molar-refractivity contribution in [2.45, 2.75) is 78.6 Å². The quantitative estimate of drug-likeness (QED) is 0.204. The van der Waals surface area contributed by atoms with Crippen molar-refractivity contribution in [2.24, 2.45) is 0 Å². The summed E-state index contributed by atoms with van der Waals surface area (Å²) in [6, 6.07) is 14.8. The summed E-state index contributed by atoms with van der Waals surface area (Å²) >= 11 is 0. The highest BCUT2D eigenvalue weighted by molar-refractivity contribution is 5.52. The normalized spacial score (nSPS) is 12.2. The fourth-order valence-corrected chi connectivity index (χ4v) is 4.10. The largest absolute Gasteiger partial charge is 0.324 e. The van der Waals surface area contributed by atoms with Crippen molar-refractivity contribution in [1.29, 1.82) is 0 Å². The fourth-order valence-electron chi connectivity index (χ4n) is 4.10. The van der Waals surface area contributed by atoms with Gasteiger partial charge in [-0.2, -0.15) is 0 Å². The van der Waals surface area contributed by atoms with Gasteiger partial charge in [-0.15, -0.1) is 0 Å². The van der Waals surface area contributed by atoms with E-state index in [2.05, 4.69) is 147 Å². The first-order valence-corrected chi connectivity index (χ1v) is 13.5. The van der Waals surface area contributed by atoms with Crippen LogP contribution in [0.4, 0.5) is 0 Å². The van der Waals surface area contributed by atoms with Gasteiger partial charge in [0.25, 0.3) is 0 Å². The van der Waals surface area contributed by atoms with E-state index in [0.29, 0.717) is 0 Å². The molecule has 6 heteroatoms. The van der Waals surface area contributed by atoms with Crippen LogP contribution in [0.15, 0.2) is 92.4 Å². The summed E-state index contributed by atoms with van der Waals surface area (Å²) in [7, 11) is 0. The van der Waals surface area contributed by atoms with Crippen LogP contribution in [-0.2, 0) is 16.2 Å². The molecule has 6 heterocycles. The van der Waals surface area contributed by atoms with E-state index in [-0.39, 0.29) is 16.2 Å². The summed E-state index contributed by atoms with van der Waals surface area (Å²) in [6.45, 7) is 19.9. The molecular weight excluding hydrogens is 480 g/mol. The molecule has 6 aromatic heterocycles. The molecule has 6 rings (SSSR count). The lowest BCUT2D eigenvalue weighted by atomic mass is 9.89. The summed E-state index contributed by atoms with van der Waals surface area (Å²) in [5, 5.41) is 0. The van der Waals surface area contributed by atoms with E-state index in [4.69, 9.17) is 0 Å². The zero-order valence-corrected chi connectivity index (χ0v) is 24.8. The Bertz CT molecular complexity index is 1360. The number of pyridine rings is 1. The Labute approximate surface area is 232 Å². The molecule has 0 bridgehead atoms. The third kappa shape index (κ3) is 6.94. The van der Waals surface area contributed by atoms with Crippen molar-refractivity contribution in [3.63, 3.8) is 0 Å². The lowest BCUT2D eigenvalue weighted by Crippen LogP contribution is -2.09. The molecule has 0 aromatic carbocycles. The van der Waals surface area contributed by atoms with Crippen LogP contribution in [0.3, 0.4) is 0 Å². The second kappa shape index (κ2) is 10.7. The Morgan fingerprint density at radius 2 is 1.10 bits per heavy atom. The zero-order valence-electron chi connectivity index (χ0n) is 24.8. The predicted molar refractivity (Wildman–Crippen MR) is 162 cm³/mol. The Morgan fingerprint density at radius 1 is 0.564 bits per heavy atom. The first-order valence-electron chi connectivity index (χ1n) is 13.5. The molecule has 6 aromatic rings. The van der Waals surface area contributed by atoms with E-state index < -0.39 is 0 Å². The highest BCUT2D eigenvalue weighted by Gasteiger charge is 2.17. The molecule has 0 aliphatic carbocycles. The molecule has 0 amide bonds. The highest BCUT2D eigenvalue weighted by atomic mass is 15.0. The lowest BCUT2D eigenvalue weighted by molar-refractivity contribution is 0.590. The van der Waals surface area contributed by atoms with Gasteiger partial charge in [0, 0.05) is 42.0 Å². The molecule has 39 heavy (non-hydrogen) atoms. The molecule has 0 saturated heterocycles. The predicted octanol–water partition coefficient (Wildman–Crippen LogP) is 7.90. The van der Waals surface area contributed by atoms with Crippen LogP contribution >= 0.6 is 0 Å². The van der Waals surface area contributed by atoms with Crippen LogP contribution < -0.4 is 0 Å². The van der Waals surface area contributed by atoms with E-state index in [0.717, 1.165) is 5.65 Å². The molecule has 0 N–H and O–H groups in total. The van der Waals surface area contributed by atoms with Crippen LogP contribution in [0.25, 0.3) is 16.7 Å². The molecule has 0 atom stereocenters. The molecule has 0 radical (unpaired) electrons. The van der Waals surface area contributed by atoms with E-state index >= 15 is 0 Å². The van der Waals surface area contributed by atoms with Gasteiger partial charge >= 0.3 is 0 Å². The summed E-state index contributed by atoms with van der Waals surface area (Å²) in [5.41, 5.74) is 8.09. The topological polar surface area (TPSA) is 51.9 Å². The average Bonchev–Trinajstić information content (AvgIpc) is 3.60.